The van der Waals surface area contributed by atoms with E-state index in [1.165, 1.54) is 0 Å². The lowest BCUT2D eigenvalue weighted by atomic mass is 9.98. The normalized spacial score (nSPS) is 13.1. The summed E-state index contributed by atoms with van der Waals surface area (Å²) in [7, 11) is 0. The second kappa shape index (κ2) is 7.91. The molecular formula is C30H20ClNO. The number of benzene rings is 4. The Bertz CT molecular complexity index is 1740. The van der Waals surface area contributed by atoms with Gasteiger partial charge in [-0.25, -0.2) is 0 Å². The molecule has 0 spiro atoms. The van der Waals surface area contributed by atoms with Crippen molar-refractivity contribution in [2.24, 2.45) is 0 Å². The van der Waals surface area contributed by atoms with Crippen LogP contribution in [0.5, 0.6) is 0 Å². The smallest absolute Gasteiger partial charge is 0.135 e. The molecule has 2 heterocycles. The van der Waals surface area contributed by atoms with Crippen molar-refractivity contribution in [3.63, 3.8) is 0 Å². The summed E-state index contributed by atoms with van der Waals surface area (Å²) in [5.41, 5.74) is 6.93. The van der Waals surface area contributed by atoms with E-state index in [1.807, 2.05) is 48.5 Å². The van der Waals surface area contributed by atoms with E-state index in [0.717, 1.165) is 38.6 Å². The van der Waals surface area contributed by atoms with Crippen molar-refractivity contribution in [1.29, 1.82) is 0 Å². The molecule has 0 unspecified atom stereocenters. The lowest BCUT2D eigenvalue weighted by Gasteiger charge is -2.10. The summed E-state index contributed by atoms with van der Waals surface area (Å²) in [6.07, 6.45) is 1.58. The highest BCUT2D eigenvalue weighted by Gasteiger charge is 2.13. The van der Waals surface area contributed by atoms with Crippen LogP contribution in [-0.2, 0) is 0 Å². The summed E-state index contributed by atoms with van der Waals surface area (Å²) in [6, 6.07) is 31.2. The van der Waals surface area contributed by atoms with E-state index in [4.69, 9.17) is 20.1 Å². The van der Waals surface area contributed by atoms with Crippen LogP contribution in [0.4, 0.5) is 0 Å². The SMILES string of the molecule is [2H]C([2H])([2H])c1ccccc1-c1cc(-c2ccc3oc4ccc(-c5ccccc5)cc4c3c2)ncc1Cl. The molecule has 0 atom stereocenters. The predicted octanol–water partition coefficient (Wildman–Crippen LogP) is 8.94. The minimum atomic E-state index is -2.26. The molecule has 0 fully saturated rings. The first-order chi connectivity index (χ1) is 17.4. The van der Waals surface area contributed by atoms with E-state index < -0.39 is 6.85 Å². The number of rotatable bonds is 3. The first kappa shape index (κ1) is 16.7. The zero-order valence-corrected chi connectivity index (χ0v) is 18.3. The molecular weight excluding hydrogens is 426 g/mol. The molecule has 0 aliphatic carbocycles. The third kappa shape index (κ3) is 3.49. The summed E-state index contributed by atoms with van der Waals surface area (Å²) in [6.45, 7) is -2.26. The van der Waals surface area contributed by atoms with Crippen molar-refractivity contribution in [2.45, 2.75) is 6.85 Å². The average molecular weight is 449 g/mol. The third-order valence-corrected chi connectivity index (χ3v) is 6.25. The lowest BCUT2D eigenvalue weighted by Crippen LogP contribution is -1.89. The van der Waals surface area contributed by atoms with Crippen LogP contribution in [-0.4, -0.2) is 4.98 Å². The molecule has 0 bridgehead atoms. The monoisotopic (exact) mass is 448 g/mol. The Morgan fingerprint density at radius 1 is 0.697 bits per heavy atom. The van der Waals surface area contributed by atoms with Crippen LogP contribution in [0.25, 0.3) is 55.4 Å². The fourth-order valence-electron chi connectivity index (χ4n) is 4.27. The standard InChI is InChI=1S/C30H20ClNO/c1-19-7-5-6-10-23(19)24-17-28(32-18-27(24)31)22-12-14-30-26(16-22)25-15-21(11-13-29(25)33-30)20-8-3-2-4-9-20/h2-18H,1H3/i1D3. The van der Waals surface area contributed by atoms with Gasteiger partial charge in [0.25, 0.3) is 0 Å². The highest BCUT2D eigenvalue weighted by molar-refractivity contribution is 6.33. The summed E-state index contributed by atoms with van der Waals surface area (Å²) >= 11 is 6.51. The van der Waals surface area contributed by atoms with Crippen molar-refractivity contribution in [3.8, 4) is 33.5 Å². The van der Waals surface area contributed by atoms with Crippen molar-refractivity contribution in [2.75, 3.05) is 0 Å². The highest BCUT2D eigenvalue weighted by atomic mass is 35.5. The van der Waals surface area contributed by atoms with Crippen LogP contribution >= 0.6 is 11.6 Å². The van der Waals surface area contributed by atoms with E-state index in [2.05, 4.69) is 35.3 Å². The number of hydrogen-bond donors (Lipinski definition) is 0. The van der Waals surface area contributed by atoms with Gasteiger partial charge < -0.3 is 4.42 Å². The molecule has 0 aliphatic rings. The Morgan fingerprint density at radius 2 is 1.39 bits per heavy atom. The van der Waals surface area contributed by atoms with Gasteiger partial charge in [-0.1, -0.05) is 72.3 Å². The van der Waals surface area contributed by atoms with Gasteiger partial charge in [-0.15, -0.1) is 0 Å². The molecule has 2 aromatic heterocycles. The predicted molar refractivity (Wildman–Crippen MR) is 138 cm³/mol. The number of aryl methyl sites for hydroxylation is 1. The molecule has 2 nitrogen and oxygen atoms in total. The van der Waals surface area contributed by atoms with Gasteiger partial charge in [0.1, 0.15) is 11.2 Å². The molecule has 0 saturated carbocycles. The number of aromatic nitrogens is 1. The lowest BCUT2D eigenvalue weighted by molar-refractivity contribution is 0.669. The van der Waals surface area contributed by atoms with Gasteiger partial charge in [-0.3, -0.25) is 4.98 Å². The summed E-state index contributed by atoms with van der Waals surface area (Å²) in [5.74, 6) is 0. The summed E-state index contributed by atoms with van der Waals surface area (Å²) < 4.78 is 29.9. The number of fused-ring (bicyclic) bond motifs is 3. The molecule has 0 amide bonds. The van der Waals surface area contributed by atoms with Crippen molar-refractivity contribution in [3.05, 3.63) is 114 Å². The zero-order chi connectivity index (χ0) is 24.9. The van der Waals surface area contributed by atoms with E-state index in [9.17, 15) is 0 Å². The summed E-state index contributed by atoms with van der Waals surface area (Å²) in [4.78, 5) is 4.56. The number of nitrogens with zero attached hydrogens (tertiary/aromatic N) is 1. The second-order valence-corrected chi connectivity index (χ2v) is 8.39. The van der Waals surface area contributed by atoms with Crippen molar-refractivity contribution in [1.82, 2.24) is 4.98 Å². The molecule has 0 N–H and O–H groups in total. The fourth-order valence-corrected chi connectivity index (χ4v) is 4.47. The molecule has 158 valence electrons. The topological polar surface area (TPSA) is 26.0 Å². The Morgan fingerprint density at radius 3 is 2.18 bits per heavy atom. The Labute approximate surface area is 201 Å². The van der Waals surface area contributed by atoms with Crippen molar-refractivity contribution < 1.29 is 8.53 Å². The van der Waals surface area contributed by atoms with Crippen LogP contribution in [0.3, 0.4) is 0 Å². The quantitative estimate of drug-likeness (QED) is 0.270. The van der Waals surface area contributed by atoms with Gasteiger partial charge >= 0.3 is 0 Å². The third-order valence-electron chi connectivity index (χ3n) is 5.94. The van der Waals surface area contributed by atoms with E-state index in [1.54, 1.807) is 24.4 Å². The Hall–Kier alpha value is -3.88. The Balaban J connectivity index is 1.49. The van der Waals surface area contributed by atoms with E-state index in [0.29, 0.717) is 21.8 Å². The van der Waals surface area contributed by atoms with Gasteiger partial charge in [-0.2, -0.15) is 0 Å². The van der Waals surface area contributed by atoms with E-state index >= 15 is 0 Å². The number of hydrogen-bond acceptors (Lipinski definition) is 2. The minimum Gasteiger partial charge on any atom is -0.456 e. The number of halogens is 1. The Kier molecular flexibility index (Phi) is 4.01. The first-order valence-corrected chi connectivity index (χ1v) is 11.0. The number of furan rings is 1. The van der Waals surface area contributed by atoms with Crippen LogP contribution < -0.4 is 0 Å². The highest BCUT2D eigenvalue weighted by Crippen LogP contribution is 2.37. The molecule has 6 rings (SSSR count). The van der Waals surface area contributed by atoms with E-state index in [-0.39, 0.29) is 5.56 Å². The average Bonchev–Trinajstić information content (AvgIpc) is 3.26. The first-order valence-electron chi connectivity index (χ1n) is 12.2. The summed E-state index contributed by atoms with van der Waals surface area (Å²) in [5, 5.41) is 2.41. The number of pyridine rings is 1. The maximum atomic E-state index is 7.94. The molecule has 0 radical (unpaired) electrons. The zero-order valence-electron chi connectivity index (χ0n) is 20.5. The van der Waals surface area contributed by atoms with Gasteiger partial charge in [-0.05, 0) is 65.5 Å². The molecule has 3 heteroatoms. The van der Waals surface area contributed by atoms with Crippen molar-refractivity contribution >= 4 is 33.5 Å². The molecule has 4 aromatic carbocycles. The van der Waals surface area contributed by atoms with Crippen LogP contribution in [0, 0.1) is 6.85 Å². The maximum Gasteiger partial charge on any atom is 0.135 e. The van der Waals surface area contributed by atoms with Gasteiger partial charge in [0, 0.05) is 32.2 Å². The van der Waals surface area contributed by atoms with Crippen LogP contribution in [0.1, 0.15) is 9.68 Å². The van der Waals surface area contributed by atoms with Gasteiger partial charge in [0.05, 0.1) is 10.7 Å². The van der Waals surface area contributed by atoms with Crippen LogP contribution in [0.2, 0.25) is 5.02 Å². The van der Waals surface area contributed by atoms with Gasteiger partial charge in [0.2, 0.25) is 0 Å². The second-order valence-electron chi connectivity index (χ2n) is 7.98. The largest absolute Gasteiger partial charge is 0.456 e. The minimum absolute atomic E-state index is 0.258. The maximum absolute atomic E-state index is 7.94. The van der Waals surface area contributed by atoms with Crippen LogP contribution in [0.15, 0.2) is 108 Å². The fraction of sp³-hybridized carbons (Fsp3) is 0.0333. The molecule has 0 aliphatic heterocycles. The molecule has 33 heavy (non-hydrogen) atoms. The molecule has 0 saturated heterocycles. The van der Waals surface area contributed by atoms with Gasteiger partial charge in [0.15, 0.2) is 0 Å². The molecule has 6 aromatic rings.